The Morgan fingerprint density at radius 3 is 1.93 bits per heavy atom. The number of likely N-dealkylation sites (tertiary alicyclic amines) is 2. The molecule has 4 aliphatic carbocycles. The van der Waals surface area contributed by atoms with Crippen molar-refractivity contribution in [3.63, 3.8) is 0 Å². The van der Waals surface area contributed by atoms with Crippen molar-refractivity contribution >= 4 is 41.1 Å². The van der Waals surface area contributed by atoms with Crippen LogP contribution in [-0.4, -0.2) is 69.3 Å². The smallest absolute Gasteiger partial charge is 0.329 e. The maximum atomic E-state index is 13.6. The second-order valence-electron chi connectivity index (χ2n) is 13.5. The van der Waals surface area contributed by atoms with Crippen molar-refractivity contribution in [3.05, 3.63) is 39.9 Å². The highest BCUT2D eigenvalue weighted by atomic mass is 16.6. The number of nitrogens with zero attached hydrogens (tertiary/aromatic N) is 3. The maximum absolute atomic E-state index is 13.6. The monoisotopic (exact) mass is 605 g/mol. The number of imide groups is 2. The number of carbonyl (C=O) groups is 6. The van der Waals surface area contributed by atoms with E-state index in [4.69, 9.17) is 4.74 Å². The molecule has 2 saturated heterocycles. The molecular formula is C32H35N3O9. The standard InChI is InChI=1S/C32H35N3O9/c36-23(16-4-3-5-21(14-16)35(42)43)15-44-32(41)22(34-30(39)26-19-9-10-20(13-19)27(26)31(34)40)6-1-2-11-33-28(37)24-17-7-8-18(12-17)25(24)29(33)38/h3-5,14,17-20,22,24-27H,1-2,6-13,15H2/t17-,18-,19-,20-,22-,24-,25+,26-,27-/m0/s1. The molecule has 0 unspecified atom stereocenters. The molecule has 4 bridgehead atoms. The van der Waals surface area contributed by atoms with Crippen molar-refractivity contribution in [1.29, 1.82) is 0 Å². The van der Waals surface area contributed by atoms with Crippen molar-refractivity contribution in [1.82, 2.24) is 9.80 Å². The van der Waals surface area contributed by atoms with Gasteiger partial charge in [0.1, 0.15) is 6.04 Å². The molecule has 232 valence electrons. The SMILES string of the molecule is O=C(COC(=O)[C@H](CCCCN1C(=O)[C@@H]2[C@H]3CC[C@@H](C3)[C@@H]2C1=O)N1C(=O)[C@H]2[C@H]3CC[C@@H](C3)[C@@H]2C1=O)c1cccc([N+](=O)[O-])c1. The van der Waals surface area contributed by atoms with E-state index in [1.807, 2.05) is 0 Å². The van der Waals surface area contributed by atoms with Gasteiger partial charge in [-0.3, -0.25) is 43.9 Å². The highest BCUT2D eigenvalue weighted by molar-refractivity contribution is 6.09. The van der Waals surface area contributed by atoms with Gasteiger partial charge in [0, 0.05) is 24.2 Å². The van der Waals surface area contributed by atoms with Gasteiger partial charge in [0.25, 0.3) is 5.69 Å². The van der Waals surface area contributed by atoms with Crippen LogP contribution in [0.5, 0.6) is 0 Å². The predicted octanol–water partition coefficient (Wildman–Crippen LogP) is 2.92. The van der Waals surface area contributed by atoms with Crippen molar-refractivity contribution in [3.8, 4) is 0 Å². The highest BCUT2D eigenvalue weighted by Gasteiger charge is 2.63. The zero-order chi connectivity index (χ0) is 30.9. The minimum atomic E-state index is -1.24. The summed E-state index contributed by atoms with van der Waals surface area (Å²) < 4.78 is 5.34. The normalized spacial score (nSPS) is 33.7. The molecule has 7 rings (SSSR count). The van der Waals surface area contributed by atoms with Gasteiger partial charge in [0.15, 0.2) is 6.61 Å². The van der Waals surface area contributed by atoms with Crippen LogP contribution in [0.15, 0.2) is 24.3 Å². The molecule has 12 nitrogen and oxygen atoms in total. The molecule has 0 spiro atoms. The number of non-ortho nitro benzene ring substituents is 1. The number of ketones is 1. The first-order valence-electron chi connectivity index (χ1n) is 15.8. The fourth-order valence-electron chi connectivity index (χ4n) is 9.50. The Balaban J connectivity index is 1.02. The van der Waals surface area contributed by atoms with E-state index in [2.05, 4.69) is 0 Å². The van der Waals surface area contributed by atoms with Crippen LogP contribution in [0.3, 0.4) is 0 Å². The van der Waals surface area contributed by atoms with E-state index >= 15 is 0 Å². The molecule has 0 N–H and O–H groups in total. The van der Waals surface area contributed by atoms with Gasteiger partial charge in [-0.05, 0) is 81.5 Å². The van der Waals surface area contributed by atoms with E-state index in [-0.39, 0.29) is 83.4 Å². The van der Waals surface area contributed by atoms with Gasteiger partial charge in [-0.2, -0.15) is 0 Å². The average molecular weight is 606 g/mol. The zero-order valence-corrected chi connectivity index (χ0v) is 24.3. The van der Waals surface area contributed by atoms with Gasteiger partial charge in [-0.25, -0.2) is 4.79 Å². The molecule has 12 heteroatoms. The Bertz CT molecular complexity index is 1420. The number of nitro groups is 1. The highest BCUT2D eigenvalue weighted by Crippen LogP contribution is 2.57. The molecule has 1 aromatic rings. The van der Waals surface area contributed by atoms with E-state index in [1.165, 1.54) is 23.1 Å². The first-order valence-corrected chi connectivity index (χ1v) is 15.8. The van der Waals surface area contributed by atoms with Crippen molar-refractivity contribution in [2.45, 2.75) is 63.8 Å². The van der Waals surface area contributed by atoms with Crippen molar-refractivity contribution in [2.75, 3.05) is 13.2 Å². The molecule has 0 aromatic heterocycles. The van der Waals surface area contributed by atoms with E-state index in [9.17, 15) is 38.9 Å². The fraction of sp³-hybridized carbons (Fsp3) is 0.625. The fourth-order valence-corrected chi connectivity index (χ4v) is 9.50. The van der Waals surface area contributed by atoms with Crippen molar-refractivity contribution < 1.29 is 38.4 Å². The number of unbranched alkanes of at least 4 members (excludes halogenated alkanes) is 1. The first-order chi connectivity index (χ1) is 21.2. The molecule has 6 aliphatic rings. The van der Waals surface area contributed by atoms with Crippen LogP contribution in [0.2, 0.25) is 0 Å². The number of amides is 4. The van der Waals surface area contributed by atoms with Crippen molar-refractivity contribution in [2.24, 2.45) is 47.3 Å². The lowest BCUT2D eigenvalue weighted by molar-refractivity contribution is -0.384. The third-order valence-electron chi connectivity index (χ3n) is 11.4. The summed E-state index contributed by atoms with van der Waals surface area (Å²) in [6.07, 6.45) is 6.37. The Labute approximate surface area is 253 Å². The van der Waals surface area contributed by atoms with Crippen LogP contribution >= 0.6 is 0 Å². The zero-order valence-electron chi connectivity index (χ0n) is 24.3. The summed E-state index contributed by atoms with van der Waals surface area (Å²) in [4.78, 5) is 92.4. The number of hydrogen-bond donors (Lipinski definition) is 0. The number of hydrogen-bond acceptors (Lipinski definition) is 9. The number of benzene rings is 1. The number of carbonyl (C=O) groups excluding carboxylic acids is 6. The lowest BCUT2D eigenvalue weighted by atomic mass is 9.81. The number of Topliss-reactive ketones (excluding diaryl/α,β-unsaturated/α-hetero) is 1. The molecular weight excluding hydrogens is 570 g/mol. The number of rotatable bonds is 11. The summed E-state index contributed by atoms with van der Waals surface area (Å²) in [6, 6.07) is 3.84. The Hall–Kier alpha value is -3.96. The molecule has 44 heavy (non-hydrogen) atoms. The third-order valence-corrected chi connectivity index (χ3v) is 11.4. The lowest BCUT2D eigenvalue weighted by Gasteiger charge is -2.26. The van der Waals surface area contributed by atoms with E-state index in [0.29, 0.717) is 12.8 Å². The predicted molar refractivity (Wildman–Crippen MR) is 150 cm³/mol. The summed E-state index contributed by atoms with van der Waals surface area (Å²) >= 11 is 0. The maximum Gasteiger partial charge on any atom is 0.329 e. The van der Waals surface area contributed by atoms with Crippen LogP contribution in [0.4, 0.5) is 5.69 Å². The lowest BCUT2D eigenvalue weighted by Crippen LogP contribution is -2.47. The van der Waals surface area contributed by atoms with Crippen LogP contribution in [-0.2, 0) is 28.7 Å². The largest absolute Gasteiger partial charge is 0.456 e. The molecule has 1 aromatic carbocycles. The number of nitro benzene ring substituents is 1. The second-order valence-corrected chi connectivity index (χ2v) is 13.5. The van der Waals surface area contributed by atoms with Crippen LogP contribution < -0.4 is 0 Å². The minimum Gasteiger partial charge on any atom is -0.456 e. The van der Waals surface area contributed by atoms with Gasteiger partial charge in [0.2, 0.25) is 29.4 Å². The van der Waals surface area contributed by atoms with E-state index in [1.54, 1.807) is 0 Å². The molecule has 2 aliphatic heterocycles. The molecule has 0 radical (unpaired) electrons. The first kappa shape index (κ1) is 28.8. The Morgan fingerprint density at radius 1 is 0.841 bits per heavy atom. The van der Waals surface area contributed by atoms with E-state index < -0.39 is 41.2 Å². The average Bonchev–Trinajstić information content (AvgIpc) is 3.87. The quantitative estimate of drug-likeness (QED) is 0.0922. The van der Waals surface area contributed by atoms with Gasteiger partial charge in [-0.1, -0.05) is 12.1 Å². The Morgan fingerprint density at radius 2 is 1.39 bits per heavy atom. The van der Waals surface area contributed by atoms with E-state index in [0.717, 1.165) is 49.5 Å². The van der Waals surface area contributed by atoms with Crippen LogP contribution in [0.1, 0.15) is 68.1 Å². The van der Waals surface area contributed by atoms with Gasteiger partial charge in [-0.15, -0.1) is 0 Å². The van der Waals surface area contributed by atoms with Crippen LogP contribution in [0, 0.1) is 57.5 Å². The molecule has 9 atom stereocenters. The Kier molecular flexibility index (Phi) is 7.12. The minimum absolute atomic E-state index is 0.00105. The second kappa shape index (κ2) is 10.9. The summed E-state index contributed by atoms with van der Waals surface area (Å²) in [7, 11) is 0. The molecule has 4 saturated carbocycles. The molecule has 2 heterocycles. The number of fused-ring (bicyclic) bond motifs is 10. The van der Waals surface area contributed by atoms with Gasteiger partial charge >= 0.3 is 5.97 Å². The third kappa shape index (κ3) is 4.47. The van der Waals surface area contributed by atoms with Gasteiger partial charge < -0.3 is 4.74 Å². The molecule has 4 amide bonds. The summed E-state index contributed by atoms with van der Waals surface area (Å²) in [5.74, 6) is -2.93. The van der Waals surface area contributed by atoms with Crippen LogP contribution in [0.25, 0.3) is 0 Å². The van der Waals surface area contributed by atoms with Gasteiger partial charge in [0.05, 0.1) is 28.6 Å². The molecule has 6 fully saturated rings. The topological polar surface area (TPSA) is 161 Å². The number of esters is 1. The summed E-state index contributed by atoms with van der Waals surface area (Å²) in [5.41, 5.74) is -0.276. The summed E-state index contributed by atoms with van der Waals surface area (Å²) in [5, 5.41) is 11.1. The summed E-state index contributed by atoms with van der Waals surface area (Å²) in [6.45, 7) is -0.485. The number of ether oxygens (including phenoxy) is 1.